The van der Waals surface area contributed by atoms with Gasteiger partial charge < -0.3 is 9.47 Å². The number of alkyl halides is 1. The first kappa shape index (κ1) is 20.5. The molecule has 0 aliphatic rings. The first-order chi connectivity index (χ1) is 11.7. The number of ether oxygens (including phenoxy) is 2. The Bertz CT molecular complexity index is 502. The summed E-state index contributed by atoms with van der Waals surface area (Å²) in [5.41, 5.74) is 0.451. The van der Waals surface area contributed by atoms with Crippen LogP contribution in [0.25, 0.3) is 0 Å². The van der Waals surface area contributed by atoms with E-state index in [1.165, 1.54) is 32.1 Å². The van der Waals surface area contributed by atoms with Crippen molar-refractivity contribution in [2.75, 3.05) is 19.1 Å². The fourth-order valence-corrected chi connectivity index (χ4v) is 2.43. The number of rotatable bonds is 12. The fourth-order valence-electron chi connectivity index (χ4n) is 2.35. The largest absolute Gasteiger partial charge is 0.462 e. The molecule has 0 aromatic heterocycles. The van der Waals surface area contributed by atoms with Gasteiger partial charge >= 0.3 is 11.9 Å². The third-order valence-electron chi connectivity index (χ3n) is 3.66. The fraction of sp³-hybridized carbons (Fsp3) is 0.579. The third kappa shape index (κ3) is 7.82. The Morgan fingerprint density at radius 3 is 1.88 bits per heavy atom. The van der Waals surface area contributed by atoms with Gasteiger partial charge in [-0.1, -0.05) is 57.6 Å². The van der Waals surface area contributed by atoms with Gasteiger partial charge in [0.25, 0.3) is 0 Å². The Morgan fingerprint density at radius 2 is 1.33 bits per heavy atom. The van der Waals surface area contributed by atoms with Crippen LogP contribution < -0.4 is 0 Å². The number of unbranched alkanes of at least 4 members (excludes halogenated alkanes) is 6. The predicted octanol–water partition coefficient (Wildman–Crippen LogP) is 4.99. The molecule has 0 unspecified atom stereocenters. The van der Waals surface area contributed by atoms with Gasteiger partial charge in [-0.05, 0) is 18.6 Å². The van der Waals surface area contributed by atoms with Gasteiger partial charge in [0.2, 0.25) is 0 Å². The Labute approximate surface area is 149 Å². The maximum atomic E-state index is 12.2. The van der Waals surface area contributed by atoms with Gasteiger partial charge in [-0.2, -0.15) is 0 Å². The molecule has 0 spiro atoms. The van der Waals surface area contributed by atoms with Crippen molar-refractivity contribution in [2.45, 2.75) is 51.9 Å². The van der Waals surface area contributed by atoms with Gasteiger partial charge in [-0.3, -0.25) is 0 Å². The maximum Gasteiger partial charge on any atom is 0.339 e. The van der Waals surface area contributed by atoms with Crippen molar-refractivity contribution in [3.05, 3.63) is 35.4 Å². The van der Waals surface area contributed by atoms with Crippen molar-refractivity contribution in [3.63, 3.8) is 0 Å². The average Bonchev–Trinajstić information content (AvgIpc) is 2.61. The highest BCUT2D eigenvalue weighted by Crippen LogP contribution is 2.13. The summed E-state index contributed by atoms with van der Waals surface area (Å²) in [6.45, 7) is 2.68. The first-order valence-electron chi connectivity index (χ1n) is 8.70. The minimum absolute atomic E-state index is 0.113. The second-order valence-electron chi connectivity index (χ2n) is 5.63. The molecule has 24 heavy (non-hydrogen) atoms. The summed E-state index contributed by atoms with van der Waals surface area (Å²) < 4.78 is 10.3. The van der Waals surface area contributed by atoms with Gasteiger partial charge in [0, 0.05) is 0 Å². The smallest absolute Gasteiger partial charge is 0.339 e. The molecule has 0 amide bonds. The van der Waals surface area contributed by atoms with Crippen molar-refractivity contribution in [1.82, 2.24) is 0 Å². The van der Waals surface area contributed by atoms with Crippen LogP contribution in [0.4, 0.5) is 0 Å². The van der Waals surface area contributed by atoms with E-state index in [9.17, 15) is 9.59 Å². The summed E-state index contributed by atoms with van der Waals surface area (Å²) in [7, 11) is 0. The molecule has 1 aromatic carbocycles. The highest BCUT2D eigenvalue weighted by molar-refractivity contribution is 6.18. The SMILES string of the molecule is CCCCCCCCCOC(=O)c1ccccc1C(=O)OCCCl. The van der Waals surface area contributed by atoms with Crippen molar-refractivity contribution in [2.24, 2.45) is 0 Å². The Hall–Kier alpha value is -1.55. The molecule has 134 valence electrons. The monoisotopic (exact) mass is 354 g/mol. The number of hydrogen-bond donors (Lipinski definition) is 0. The molecule has 1 aromatic rings. The summed E-state index contributed by atoms with van der Waals surface area (Å²) >= 11 is 5.50. The van der Waals surface area contributed by atoms with Crippen LogP contribution in [0.5, 0.6) is 0 Å². The minimum Gasteiger partial charge on any atom is -0.462 e. The lowest BCUT2D eigenvalue weighted by atomic mass is 10.1. The summed E-state index contributed by atoms with van der Waals surface area (Å²) in [5.74, 6) is -0.824. The molecule has 0 fully saturated rings. The Balaban J connectivity index is 2.38. The van der Waals surface area contributed by atoms with Crippen LogP contribution in [-0.2, 0) is 9.47 Å². The highest BCUT2D eigenvalue weighted by Gasteiger charge is 2.18. The number of carbonyl (C=O) groups is 2. The van der Waals surface area contributed by atoms with E-state index in [4.69, 9.17) is 21.1 Å². The topological polar surface area (TPSA) is 52.6 Å². The Morgan fingerprint density at radius 1 is 0.833 bits per heavy atom. The highest BCUT2D eigenvalue weighted by atomic mass is 35.5. The van der Waals surface area contributed by atoms with Crippen LogP contribution in [0.3, 0.4) is 0 Å². The van der Waals surface area contributed by atoms with Gasteiger partial charge in [0.05, 0.1) is 23.6 Å². The van der Waals surface area contributed by atoms with E-state index in [-0.39, 0.29) is 23.6 Å². The lowest BCUT2D eigenvalue weighted by molar-refractivity contribution is 0.0463. The minimum atomic E-state index is -0.556. The summed E-state index contributed by atoms with van der Waals surface area (Å²) in [5, 5.41) is 0. The normalized spacial score (nSPS) is 10.4. The molecule has 1 rings (SSSR count). The second kappa shape index (κ2) is 12.8. The number of esters is 2. The van der Waals surface area contributed by atoms with Crippen LogP contribution in [0.1, 0.15) is 72.6 Å². The standard InChI is InChI=1S/C19H27ClO4/c1-2-3-4-5-6-7-10-14-23-18(21)16-11-8-9-12-17(16)19(22)24-15-13-20/h8-9,11-12H,2-7,10,13-15H2,1H3. The van der Waals surface area contributed by atoms with E-state index in [2.05, 4.69) is 6.92 Å². The molecule has 0 aliphatic heterocycles. The van der Waals surface area contributed by atoms with E-state index in [1.54, 1.807) is 24.3 Å². The number of carbonyl (C=O) groups excluding carboxylic acids is 2. The maximum absolute atomic E-state index is 12.2. The molecule has 0 saturated carbocycles. The van der Waals surface area contributed by atoms with E-state index < -0.39 is 11.9 Å². The second-order valence-corrected chi connectivity index (χ2v) is 6.01. The molecule has 0 N–H and O–H groups in total. The van der Waals surface area contributed by atoms with Gasteiger partial charge in [0.15, 0.2) is 0 Å². The molecule has 0 radical (unpaired) electrons. The van der Waals surface area contributed by atoms with Crippen LogP contribution in [0.2, 0.25) is 0 Å². The molecular formula is C19H27ClO4. The van der Waals surface area contributed by atoms with Crippen molar-refractivity contribution in [3.8, 4) is 0 Å². The van der Waals surface area contributed by atoms with Gasteiger partial charge in [0.1, 0.15) is 6.61 Å². The number of halogens is 1. The zero-order valence-corrected chi connectivity index (χ0v) is 15.1. The zero-order chi connectivity index (χ0) is 17.6. The molecule has 0 atom stereocenters. The Kier molecular flexibility index (Phi) is 10.9. The van der Waals surface area contributed by atoms with Crippen LogP contribution in [0, 0.1) is 0 Å². The molecule has 0 heterocycles. The predicted molar refractivity (Wildman–Crippen MR) is 95.7 cm³/mol. The van der Waals surface area contributed by atoms with Crippen LogP contribution >= 0.6 is 11.6 Å². The van der Waals surface area contributed by atoms with Crippen molar-refractivity contribution < 1.29 is 19.1 Å². The van der Waals surface area contributed by atoms with Crippen molar-refractivity contribution >= 4 is 23.5 Å². The summed E-state index contributed by atoms with van der Waals surface area (Å²) in [4.78, 5) is 24.1. The lowest BCUT2D eigenvalue weighted by Crippen LogP contribution is -2.15. The van der Waals surface area contributed by atoms with Gasteiger partial charge in [-0.15, -0.1) is 11.6 Å². The number of hydrogen-bond acceptors (Lipinski definition) is 4. The van der Waals surface area contributed by atoms with E-state index in [0.29, 0.717) is 6.61 Å². The first-order valence-corrected chi connectivity index (χ1v) is 9.23. The van der Waals surface area contributed by atoms with Gasteiger partial charge in [-0.25, -0.2) is 9.59 Å². The van der Waals surface area contributed by atoms with Crippen LogP contribution in [0.15, 0.2) is 24.3 Å². The molecular weight excluding hydrogens is 328 g/mol. The van der Waals surface area contributed by atoms with Crippen LogP contribution in [-0.4, -0.2) is 31.0 Å². The molecule has 5 heteroatoms. The third-order valence-corrected chi connectivity index (χ3v) is 3.81. The van der Waals surface area contributed by atoms with E-state index >= 15 is 0 Å². The average molecular weight is 355 g/mol. The molecule has 0 bridgehead atoms. The van der Waals surface area contributed by atoms with E-state index in [1.807, 2.05) is 0 Å². The number of benzene rings is 1. The molecule has 4 nitrogen and oxygen atoms in total. The quantitative estimate of drug-likeness (QED) is 0.301. The zero-order valence-electron chi connectivity index (χ0n) is 14.4. The molecule has 0 saturated heterocycles. The lowest BCUT2D eigenvalue weighted by Gasteiger charge is -2.09. The van der Waals surface area contributed by atoms with E-state index in [0.717, 1.165) is 12.8 Å². The summed E-state index contributed by atoms with van der Waals surface area (Å²) in [6, 6.07) is 6.51. The van der Waals surface area contributed by atoms with Crippen molar-refractivity contribution in [1.29, 1.82) is 0 Å². The summed E-state index contributed by atoms with van der Waals surface area (Å²) in [6.07, 6.45) is 8.09. The molecule has 0 aliphatic carbocycles.